The number of hydrogen-bond donors (Lipinski definition) is 1. The maximum atomic E-state index is 4.05. The SMILES string of the molecule is Cc1ccccc1Cn1cc(CNC2C3CC4CC(C3)CC2C4)c2ccccc21. The van der Waals surface area contributed by atoms with Crippen LogP contribution in [-0.2, 0) is 13.1 Å². The smallest absolute Gasteiger partial charge is 0.0486 e. The lowest BCUT2D eigenvalue weighted by Crippen LogP contribution is -2.54. The minimum Gasteiger partial charge on any atom is -0.343 e. The average Bonchev–Trinajstić information content (AvgIpc) is 3.06. The molecule has 0 radical (unpaired) electrons. The summed E-state index contributed by atoms with van der Waals surface area (Å²) in [7, 11) is 0. The largest absolute Gasteiger partial charge is 0.343 e. The molecule has 0 aliphatic heterocycles. The lowest BCUT2D eigenvalue weighted by molar-refractivity contribution is -0.0142. The first-order valence-corrected chi connectivity index (χ1v) is 11.6. The second-order valence-electron chi connectivity index (χ2n) is 10.1. The molecule has 3 aromatic rings. The molecule has 4 bridgehead atoms. The van der Waals surface area contributed by atoms with Crippen molar-refractivity contribution in [3.8, 4) is 0 Å². The highest BCUT2D eigenvalue weighted by Gasteiger charge is 2.47. The molecule has 0 unspecified atom stereocenters. The summed E-state index contributed by atoms with van der Waals surface area (Å²) in [6, 6.07) is 18.5. The van der Waals surface area contributed by atoms with E-state index in [9.17, 15) is 0 Å². The van der Waals surface area contributed by atoms with Gasteiger partial charge in [-0.1, -0.05) is 42.5 Å². The van der Waals surface area contributed by atoms with Crippen molar-refractivity contribution in [2.45, 2.75) is 58.2 Å². The van der Waals surface area contributed by atoms with Gasteiger partial charge in [0.15, 0.2) is 0 Å². The summed E-state index contributed by atoms with van der Waals surface area (Å²) in [6.45, 7) is 4.18. The van der Waals surface area contributed by atoms with Gasteiger partial charge in [0, 0.05) is 36.2 Å². The zero-order chi connectivity index (χ0) is 19.4. The number of aryl methyl sites for hydroxylation is 1. The Morgan fingerprint density at radius 3 is 2.28 bits per heavy atom. The molecule has 4 fully saturated rings. The molecule has 29 heavy (non-hydrogen) atoms. The fraction of sp³-hybridized carbons (Fsp3) is 0.481. The van der Waals surface area contributed by atoms with Crippen LogP contribution in [0, 0.1) is 30.6 Å². The van der Waals surface area contributed by atoms with Gasteiger partial charge in [0.25, 0.3) is 0 Å². The second kappa shape index (κ2) is 7.02. The molecule has 0 atom stereocenters. The van der Waals surface area contributed by atoms with Gasteiger partial charge in [0.1, 0.15) is 0 Å². The molecule has 1 heterocycles. The average molecular weight is 385 g/mol. The van der Waals surface area contributed by atoms with Gasteiger partial charge in [-0.3, -0.25) is 0 Å². The van der Waals surface area contributed by atoms with Crippen molar-refractivity contribution in [3.63, 3.8) is 0 Å². The normalized spacial score (nSPS) is 30.3. The quantitative estimate of drug-likeness (QED) is 0.578. The summed E-state index contributed by atoms with van der Waals surface area (Å²) in [5.74, 6) is 3.97. The molecule has 0 amide bonds. The maximum Gasteiger partial charge on any atom is 0.0486 e. The zero-order valence-electron chi connectivity index (χ0n) is 17.5. The van der Waals surface area contributed by atoms with Crippen LogP contribution in [-0.4, -0.2) is 10.6 Å². The van der Waals surface area contributed by atoms with E-state index in [1.54, 1.807) is 0 Å². The molecule has 2 nitrogen and oxygen atoms in total. The van der Waals surface area contributed by atoms with Crippen LogP contribution < -0.4 is 5.32 Å². The number of benzene rings is 2. The first kappa shape index (κ1) is 17.8. The topological polar surface area (TPSA) is 17.0 Å². The maximum absolute atomic E-state index is 4.05. The van der Waals surface area contributed by atoms with E-state index in [0.29, 0.717) is 0 Å². The molecule has 1 aromatic heterocycles. The van der Waals surface area contributed by atoms with E-state index in [-0.39, 0.29) is 0 Å². The molecule has 2 aromatic carbocycles. The summed E-state index contributed by atoms with van der Waals surface area (Å²) >= 11 is 0. The minimum absolute atomic E-state index is 0.751. The summed E-state index contributed by atoms with van der Waals surface area (Å²) in [5.41, 5.74) is 5.60. The second-order valence-corrected chi connectivity index (χ2v) is 10.1. The number of rotatable bonds is 5. The fourth-order valence-electron chi connectivity index (χ4n) is 7.05. The van der Waals surface area contributed by atoms with Crippen molar-refractivity contribution in [2.24, 2.45) is 23.7 Å². The molecule has 2 heteroatoms. The van der Waals surface area contributed by atoms with E-state index in [2.05, 4.69) is 71.5 Å². The molecule has 0 saturated heterocycles. The van der Waals surface area contributed by atoms with E-state index < -0.39 is 0 Å². The van der Waals surface area contributed by atoms with Crippen LogP contribution >= 0.6 is 0 Å². The van der Waals surface area contributed by atoms with Crippen molar-refractivity contribution < 1.29 is 0 Å². The Balaban J connectivity index is 1.25. The van der Waals surface area contributed by atoms with Crippen molar-refractivity contribution in [1.29, 1.82) is 0 Å². The van der Waals surface area contributed by atoms with Gasteiger partial charge in [0.05, 0.1) is 0 Å². The molecule has 4 saturated carbocycles. The summed E-state index contributed by atoms with van der Waals surface area (Å²) in [5, 5.41) is 5.46. The Labute approximate surface area is 174 Å². The van der Waals surface area contributed by atoms with E-state index in [1.807, 2.05) is 0 Å². The highest BCUT2D eigenvalue weighted by Crippen LogP contribution is 2.53. The van der Waals surface area contributed by atoms with Crippen molar-refractivity contribution in [2.75, 3.05) is 0 Å². The van der Waals surface area contributed by atoms with Crippen molar-refractivity contribution in [1.82, 2.24) is 9.88 Å². The summed E-state index contributed by atoms with van der Waals surface area (Å²) in [4.78, 5) is 0. The molecule has 0 spiro atoms. The molecular formula is C27H32N2. The van der Waals surface area contributed by atoms with Crippen LogP contribution in [0.4, 0.5) is 0 Å². The monoisotopic (exact) mass is 384 g/mol. The Bertz CT molecular complexity index is 1000. The number of aromatic nitrogens is 1. The van der Waals surface area contributed by atoms with Crippen LogP contribution in [0.3, 0.4) is 0 Å². The Hall–Kier alpha value is -2.06. The van der Waals surface area contributed by atoms with Crippen LogP contribution in [0.25, 0.3) is 10.9 Å². The third kappa shape index (κ3) is 3.13. The van der Waals surface area contributed by atoms with Gasteiger partial charge < -0.3 is 9.88 Å². The molecule has 4 aliphatic carbocycles. The van der Waals surface area contributed by atoms with Gasteiger partial charge in [-0.15, -0.1) is 0 Å². The Morgan fingerprint density at radius 2 is 1.52 bits per heavy atom. The first-order valence-electron chi connectivity index (χ1n) is 11.6. The third-order valence-electron chi connectivity index (χ3n) is 8.23. The first-order chi connectivity index (χ1) is 14.2. The molecular weight excluding hydrogens is 352 g/mol. The van der Waals surface area contributed by atoms with E-state index in [1.165, 1.54) is 59.7 Å². The zero-order valence-corrected chi connectivity index (χ0v) is 17.5. The molecule has 4 aliphatic rings. The number of para-hydroxylation sites is 1. The van der Waals surface area contributed by atoms with Crippen LogP contribution in [0.5, 0.6) is 0 Å². The van der Waals surface area contributed by atoms with Crippen LogP contribution in [0.15, 0.2) is 54.7 Å². The van der Waals surface area contributed by atoms with Gasteiger partial charge in [0.2, 0.25) is 0 Å². The molecule has 1 N–H and O–H groups in total. The van der Waals surface area contributed by atoms with Crippen LogP contribution in [0.1, 0.15) is 48.8 Å². The lowest BCUT2D eigenvalue weighted by Gasteiger charge is -2.54. The number of nitrogens with one attached hydrogen (secondary N) is 1. The number of nitrogens with zero attached hydrogens (tertiary/aromatic N) is 1. The highest BCUT2D eigenvalue weighted by atomic mass is 15.0. The predicted molar refractivity (Wildman–Crippen MR) is 120 cm³/mol. The van der Waals surface area contributed by atoms with Gasteiger partial charge in [-0.2, -0.15) is 0 Å². The van der Waals surface area contributed by atoms with E-state index >= 15 is 0 Å². The molecule has 7 rings (SSSR count). The fourth-order valence-corrected chi connectivity index (χ4v) is 7.05. The van der Waals surface area contributed by atoms with Crippen LogP contribution in [0.2, 0.25) is 0 Å². The summed E-state index contributed by atoms with van der Waals surface area (Å²) < 4.78 is 2.45. The number of hydrogen-bond acceptors (Lipinski definition) is 1. The number of fused-ring (bicyclic) bond motifs is 1. The standard InChI is InChI=1S/C27H32N2/c1-18-6-2-3-7-21(18)16-29-17-24(25-8-4-5-9-26(25)29)15-28-27-22-11-19-10-20(13-22)14-23(27)12-19/h2-9,17,19-20,22-23,27-28H,10-16H2,1H3. The summed E-state index contributed by atoms with van der Waals surface area (Å²) in [6.07, 6.45) is 9.88. The third-order valence-corrected chi connectivity index (χ3v) is 8.23. The van der Waals surface area contributed by atoms with Crippen molar-refractivity contribution in [3.05, 3.63) is 71.4 Å². The minimum atomic E-state index is 0.751. The van der Waals surface area contributed by atoms with Gasteiger partial charge >= 0.3 is 0 Å². The lowest BCUT2D eigenvalue weighted by atomic mass is 9.54. The van der Waals surface area contributed by atoms with Gasteiger partial charge in [-0.25, -0.2) is 0 Å². The molecule has 150 valence electrons. The predicted octanol–water partition coefficient (Wildman–Crippen LogP) is 5.91. The Morgan fingerprint density at radius 1 is 0.828 bits per heavy atom. The Kier molecular flexibility index (Phi) is 4.30. The van der Waals surface area contributed by atoms with E-state index in [4.69, 9.17) is 0 Å². The highest BCUT2D eigenvalue weighted by molar-refractivity contribution is 5.84. The van der Waals surface area contributed by atoms with E-state index in [0.717, 1.165) is 42.8 Å². The van der Waals surface area contributed by atoms with Gasteiger partial charge in [-0.05, 0) is 85.5 Å². The van der Waals surface area contributed by atoms with Crippen molar-refractivity contribution >= 4 is 10.9 Å².